The summed E-state index contributed by atoms with van der Waals surface area (Å²) in [6.07, 6.45) is 0.385. The molecule has 1 aromatic rings. The van der Waals surface area contributed by atoms with Crippen molar-refractivity contribution in [3.63, 3.8) is 0 Å². The highest BCUT2D eigenvalue weighted by molar-refractivity contribution is 7.13. The molecule has 2 rings (SSSR count). The van der Waals surface area contributed by atoms with Crippen LogP contribution in [0.15, 0.2) is 5.38 Å². The number of aromatic nitrogens is 1. The summed E-state index contributed by atoms with van der Waals surface area (Å²) in [6.45, 7) is 9.91. The number of hydrogen-bond donors (Lipinski definition) is 2. The van der Waals surface area contributed by atoms with Crippen LogP contribution in [0.5, 0.6) is 0 Å². The fourth-order valence-corrected chi connectivity index (χ4v) is 3.08. The maximum absolute atomic E-state index is 12.0. The number of carbonyl (C=O) groups excluding carboxylic acids is 2. The maximum Gasteiger partial charge on any atom is 0.407 e. The van der Waals surface area contributed by atoms with Gasteiger partial charge in [-0.2, -0.15) is 0 Å². The van der Waals surface area contributed by atoms with Gasteiger partial charge in [0.05, 0.1) is 18.9 Å². The molecule has 1 aromatic heterocycles. The van der Waals surface area contributed by atoms with Crippen molar-refractivity contribution < 1.29 is 19.1 Å². The predicted molar refractivity (Wildman–Crippen MR) is 100 cm³/mol. The Morgan fingerprint density at radius 1 is 1.35 bits per heavy atom. The number of nitrogens with one attached hydrogen (secondary N) is 2. The molecule has 146 valence electrons. The average molecular weight is 385 g/mol. The molecule has 0 atom stereocenters. The molecule has 0 saturated carbocycles. The van der Waals surface area contributed by atoms with Gasteiger partial charge in [0.2, 0.25) is 5.91 Å². The molecular formula is C17H28N4O4S. The highest BCUT2D eigenvalue weighted by Crippen LogP contribution is 2.17. The molecule has 0 aliphatic carbocycles. The number of thiazole rings is 1. The van der Waals surface area contributed by atoms with Gasteiger partial charge < -0.3 is 20.1 Å². The highest BCUT2D eigenvalue weighted by Gasteiger charge is 2.16. The Morgan fingerprint density at radius 3 is 2.77 bits per heavy atom. The lowest BCUT2D eigenvalue weighted by Crippen LogP contribution is -2.35. The van der Waals surface area contributed by atoms with E-state index in [2.05, 4.69) is 20.5 Å². The number of ether oxygens (including phenoxy) is 2. The van der Waals surface area contributed by atoms with E-state index in [-0.39, 0.29) is 5.91 Å². The molecule has 1 aliphatic rings. The Bertz CT molecular complexity index is 594. The SMILES string of the molecule is CC(C)(C)OC(=O)NCCCC(=O)Nc1nc(CN2CCOCC2)cs1. The number of nitrogens with zero attached hydrogens (tertiary/aromatic N) is 2. The van der Waals surface area contributed by atoms with Gasteiger partial charge in [0.25, 0.3) is 0 Å². The second-order valence-electron chi connectivity index (χ2n) is 7.11. The third-order valence-corrected chi connectivity index (χ3v) is 4.34. The minimum Gasteiger partial charge on any atom is -0.444 e. The minimum absolute atomic E-state index is 0.108. The molecule has 0 unspecified atom stereocenters. The monoisotopic (exact) mass is 384 g/mol. The second kappa shape index (κ2) is 9.84. The molecule has 0 radical (unpaired) electrons. The predicted octanol–water partition coefficient (Wildman–Crippen LogP) is 2.22. The van der Waals surface area contributed by atoms with Gasteiger partial charge in [-0.15, -0.1) is 11.3 Å². The second-order valence-corrected chi connectivity index (χ2v) is 7.97. The Balaban J connectivity index is 1.63. The van der Waals surface area contributed by atoms with Gasteiger partial charge in [0, 0.05) is 38.0 Å². The molecule has 9 heteroatoms. The van der Waals surface area contributed by atoms with Crippen LogP contribution < -0.4 is 10.6 Å². The van der Waals surface area contributed by atoms with Gasteiger partial charge in [0.15, 0.2) is 5.13 Å². The molecule has 2 amide bonds. The van der Waals surface area contributed by atoms with E-state index in [0.717, 1.165) is 38.5 Å². The number of rotatable bonds is 7. The van der Waals surface area contributed by atoms with Gasteiger partial charge >= 0.3 is 6.09 Å². The first-order valence-electron chi connectivity index (χ1n) is 8.83. The standard InChI is InChI=1S/C17H28N4O4S/c1-17(2,3)25-16(23)18-6-4-5-14(22)20-15-19-13(12-26-15)11-21-7-9-24-10-8-21/h12H,4-11H2,1-3H3,(H,18,23)(H,19,20,22). The van der Waals surface area contributed by atoms with Crippen LogP contribution in [-0.4, -0.2) is 60.3 Å². The molecule has 26 heavy (non-hydrogen) atoms. The van der Waals surface area contributed by atoms with Crippen LogP contribution >= 0.6 is 11.3 Å². The number of carbonyl (C=O) groups is 2. The lowest BCUT2D eigenvalue weighted by atomic mass is 10.2. The summed E-state index contributed by atoms with van der Waals surface area (Å²) in [6, 6.07) is 0. The van der Waals surface area contributed by atoms with Crippen molar-refractivity contribution in [3.8, 4) is 0 Å². The zero-order chi connectivity index (χ0) is 19.0. The van der Waals surface area contributed by atoms with Crippen molar-refractivity contribution in [2.75, 3.05) is 38.2 Å². The molecule has 1 aliphatic heterocycles. The van der Waals surface area contributed by atoms with E-state index in [1.807, 2.05) is 5.38 Å². The van der Waals surface area contributed by atoms with Crippen molar-refractivity contribution >= 4 is 28.5 Å². The Labute approximate surface area is 158 Å². The fourth-order valence-electron chi connectivity index (χ4n) is 2.36. The first-order chi connectivity index (χ1) is 12.3. The maximum atomic E-state index is 12.0. The third kappa shape index (κ3) is 8.11. The molecule has 0 bridgehead atoms. The topological polar surface area (TPSA) is 92.8 Å². The fraction of sp³-hybridized carbons (Fsp3) is 0.706. The molecular weight excluding hydrogens is 356 g/mol. The molecule has 1 fully saturated rings. The van der Waals surface area contributed by atoms with Gasteiger partial charge in [-0.3, -0.25) is 9.69 Å². The van der Waals surface area contributed by atoms with Crippen LogP contribution in [0.25, 0.3) is 0 Å². The van der Waals surface area contributed by atoms with Crippen LogP contribution in [0.4, 0.5) is 9.93 Å². The van der Waals surface area contributed by atoms with Crippen LogP contribution in [0.1, 0.15) is 39.3 Å². The van der Waals surface area contributed by atoms with Gasteiger partial charge in [-0.25, -0.2) is 9.78 Å². The van der Waals surface area contributed by atoms with Crippen LogP contribution in [0.2, 0.25) is 0 Å². The highest BCUT2D eigenvalue weighted by atomic mass is 32.1. The van der Waals surface area contributed by atoms with E-state index < -0.39 is 11.7 Å². The lowest BCUT2D eigenvalue weighted by molar-refractivity contribution is -0.116. The summed E-state index contributed by atoms with van der Waals surface area (Å²) in [4.78, 5) is 30.2. The zero-order valence-corrected chi connectivity index (χ0v) is 16.5. The largest absolute Gasteiger partial charge is 0.444 e. The van der Waals surface area contributed by atoms with Crippen LogP contribution in [0.3, 0.4) is 0 Å². The van der Waals surface area contributed by atoms with E-state index in [1.165, 1.54) is 11.3 Å². The Kier molecular flexibility index (Phi) is 7.80. The van der Waals surface area contributed by atoms with E-state index >= 15 is 0 Å². The van der Waals surface area contributed by atoms with Crippen molar-refractivity contribution in [1.29, 1.82) is 0 Å². The first kappa shape index (κ1) is 20.6. The number of amides is 2. The van der Waals surface area contributed by atoms with Crippen molar-refractivity contribution in [2.45, 2.75) is 45.8 Å². The van der Waals surface area contributed by atoms with Gasteiger partial charge in [-0.05, 0) is 27.2 Å². The third-order valence-electron chi connectivity index (χ3n) is 3.54. The molecule has 2 heterocycles. The minimum atomic E-state index is -0.523. The summed E-state index contributed by atoms with van der Waals surface area (Å²) < 4.78 is 10.5. The summed E-state index contributed by atoms with van der Waals surface area (Å²) in [7, 11) is 0. The first-order valence-corrected chi connectivity index (χ1v) is 9.71. The number of alkyl carbamates (subject to hydrolysis) is 1. The van der Waals surface area contributed by atoms with Gasteiger partial charge in [-0.1, -0.05) is 0 Å². The molecule has 8 nitrogen and oxygen atoms in total. The van der Waals surface area contributed by atoms with E-state index in [1.54, 1.807) is 20.8 Å². The summed E-state index contributed by atoms with van der Waals surface area (Å²) in [5.74, 6) is -0.108. The number of anilines is 1. The summed E-state index contributed by atoms with van der Waals surface area (Å²) in [5.41, 5.74) is 0.435. The number of morpholine rings is 1. The van der Waals surface area contributed by atoms with Crippen LogP contribution in [-0.2, 0) is 20.8 Å². The normalized spacial score (nSPS) is 15.5. The lowest BCUT2D eigenvalue weighted by Gasteiger charge is -2.25. The molecule has 0 aromatic carbocycles. The quantitative estimate of drug-likeness (QED) is 0.700. The van der Waals surface area contributed by atoms with E-state index in [0.29, 0.717) is 24.5 Å². The van der Waals surface area contributed by atoms with Crippen molar-refractivity contribution in [3.05, 3.63) is 11.1 Å². The van der Waals surface area contributed by atoms with Crippen molar-refractivity contribution in [1.82, 2.24) is 15.2 Å². The van der Waals surface area contributed by atoms with Crippen LogP contribution in [0, 0.1) is 0 Å². The molecule has 0 spiro atoms. The zero-order valence-electron chi connectivity index (χ0n) is 15.7. The Morgan fingerprint density at radius 2 is 2.08 bits per heavy atom. The van der Waals surface area contributed by atoms with Gasteiger partial charge in [0.1, 0.15) is 5.60 Å². The Hall–Kier alpha value is -1.71. The van der Waals surface area contributed by atoms with E-state index in [9.17, 15) is 9.59 Å². The summed E-state index contributed by atoms with van der Waals surface area (Å²) in [5, 5.41) is 8.02. The molecule has 1 saturated heterocycles. The average Bonchev–Trinajstić information content (AvgIpc) is 2.98. The summed E-state index contributed by atoms with van der Waals surface area (Å²) >= 11 is 1.43. The smallest absolute Gasteiger partial charge is 0.407 e. The molecule has 2 N–H and O–H groups in total. The number of hydrogen-bond acceptors (Lipinski definition) is 7. The van der Waals surface area contributed by atoms with Crippen molar-refractivity contribution in [2.24, 2.45) is 0 Å². The van der Waals surface area contributed by atoms with E-state index in [4.69, 9.17) is 9.47 Å².